The molecule has 0 bridgehead atoms. The largest absolute Gasteiger partial charge is 0.389 e. The number of thiocarbonyl (C=S) groups is 1. The minimum Gasteiger partial charge on any atom is -0.389 e. The summed E-state index contributed by atoms with van der Waals surface area (Å²) in [5.41, 5.74) is 6.64. The Kier molecular flexibility index (Phi) is 4.06. The van der Waals surface area contributed by atoms with Crippen LogP contribution in [0.3, 0.4) is 0 Å². The van der Waals surface area contributed by atoms with Crippen LogP contribution in [0.5, 0.6) is 0 Å². The fraction of sp³-hybridized carbons (Fsp3) is 0. The number of anilines is 2. The lowest BCUT2D eigenvalue weighted by atomic mass is 10.2. The van der Waals surface area contributed by atoms with Crippen LogP contribution in [0.2, 0.25) is 0 Å². The lowest BCUT2D eigenvalue weighted by Gasteiger charge is -2.11. The first-order valence-corrected chi connectivity index (χ1v) is 6.34. The highest BCUT2D eigenvalue weighted by Crippen LogP contribution is 2.27. The van der Waals surface area contributed by atoms with Crippen LogP contribution in [0.25, 0.3) is 0 Å². The van der Waals surface area contributed by atoms with Gasteiger partial charge in [0.05, 0.1) is 22.0 Å². The van der Waals surface area contributed by atoms with Gasteiger partial charge in [0.2, 0.25) is 0 Å². The monoisotopic (exact) mass is 343 g/mol. The van der Waals surface area contributed by atoms with Crippen LogP contribution in [0.15, 0.2) is 35.1 Å². The number of hydrogen-bond donors (Lipinski definition) is 2. The van der Waals surface area contributed by atoms with Gasteiger partial charge in [0.1, 0.15) is 16.6 Å². The van der Waals surface area contributed by atoms with Crippen molar-refractivity contribution in [2.75, 3.05) is 5.32 Å². The molecule has 3 N–H and O–H groups in total. The van der Waals surface area contributed by atoms with E-state index in [1.165, 1.54) is 18.5 Å². The summed E-state index contributed by atoms with van der Waals surface area (Å²) in [5, 5.41) is 2.79. The lowest BCUT2D eigenvalue weighted by Crippen LogP contribution is -2.12. The SMILES string of the molecule is NC(=S)c1ccncc1Nc1cc(Br)c(F)cc1F. The van der Waals surface area contributed by atoms with Crippen molar-refractivity contribution >= 4 is 44.5 Å². The second-order valence-electron chi connectivity index (χ2n) is 3.66. The summed E-state index contributed by atoms with van der Waals surface area (Å²) >= 11 is 7.89. The number of rotatable bonds is 3. The second kappa shape index (κ2) is 5.58. The molecule has 0 spiro atoms. The molecule has 2 aromatic rings. The fourth-order valence-corrected chi connectivity index (χ4v) is 1.99. The second-order valence-corrected chi connectivity index (χ2v) is 4.95. The zero-order chi connectivity index (χ0) is 14.0. The molecule has 0 aliphatic carbocycles. The molecule has 1 aromatic heterocycles. The molecule has 0 aliphatic heterocycles. The summed E-state index contributed by atoms with van der Waals surface area (Å²) in [4.78, 5) is 4.07. The van der Waals surface area contributed by atoms with Gasteiger partial charge >= 0.3 is 0 Å². The number of nitrogens with two attached hydrogens (primary N) is 1. The molecule has 0 saturated heterocycles. The maximum Gasteiger partial charge on any atom is 0.149 e. The number of aromatic nitrogens is 1. The van der Waals surface area contributed by atoms with Gasteiger partial charge in [-0.1, -0.05) is 12.2 Å². The number of pyridine rings is 1. The van der Waals surface area contributed by atoms with Crippen LogP contribution in [-0.2, 0) is 0 Å². The Morgan fingerprint density at radius 1 is 1.26 bits per heavy atom. The van der Waals surface area contributed by atoms with Crippen LogP contribution < -0.4 is 11.1 Å². The molecule has 0 unspecified atom stereocenters. The molecule has 0 fully saturated rings. The molecule has 0 saturated carbocycles. The van der Waals surface area contributed by atoms with Gasteiger partial charge in [-0.25, -0.2) is 8.78 Å². The normalized spacial score (nSPS) is 10.3. The number of hydrogen-bond acceptors (Lipinski definition) is 3. The zero-order valence-corrected chi connectivity index (χ0v) is 11.9. The number of halogens is 3. The zero-order valence-electron chi connectivity index (χ0n) is 9.45. The van der Waals surface area contributed by atoms with E-state index in [1.807, 2.05) is 0 Å². The van der Waals surface area contributed by atoms with Gasteiger partial charge < -0.3 is 11.1 Å². The van der Waals surface area contributed by atoms with E-state index in [-0.39, 0.29) is 15.1 Å². The Hall–Kier alpha value is -1.60. The molecular formula is C12H8BrF2N3S. The summed E-state index contributed by atoms with van der Waals surface area (Å²) in [7, 11) is 0. The predicted octanol–water partition coefficient (Wildman–Crippen LogP) is 3.50. The van der Waals surface area contributed by atoms with Gasteiger partial charge in [-0.15, -0.1) is 0 Å². The first-order chi connectivity index (χ1) is 8.99. The lowest BCUT2D eigenvalue weighted by molar-refractivity contribution is 0.581. The van der Waals surface area contributed by atoms with Crippen molar-refractivity contribution in [3.63, 3.8) is 0 Å². The van der Waals surface area contributed by atoms with Gasteiger partial charge in [0.15, 0.2) is 0 Å². The molecule has 1 aromatic carbocycles. The van der Waals surface area contributed by atoms with E-state index in [1.54, 1.807) is 6.07 Å². The molecule has 0 atom stereocenters. The summed E-state index contributed by atoms with van der Waals surface area (Å²) in [6.45, 7) is 0. The van der Waals surface area contributed by atoms with Crippen molar-refractivity contribution in [2.24, 2.45) is 5.73 Å². The molecule has 7 heteroatoms. The summed E-state index contributed by atoms with van der Waals surface area (Å²) < 4.78 is 26.9. The fourth-order valence-electron chi connectivity index (χ4n) is 1.47. The standard InChI is InChI=1S/C12H8BrF2N3S/c13-7-3-10(9(15)4-8(7)14)18-11-5-17-2-1-6(11)12(16)19/h1-5,18H,(H2,16,19). The molecule has 0 amide bonds. The Labute approximate surface area is 122 Å². The van der Waals surface area contributed by atoms with Crippen LogP contribution in [0, 0.1) is 11.6 Å². The Bertz CT molecular complexity index is 649. The van der Waals surface area contributed by atoms with Crippen LogP contribution in [0.1, 0.15) is 5.56 Å². The van der Waals surface area contributed by atoms with Crippen molar-refractivity contribution < 1.29 is 8.78 Å². The van der Waals surface area contributed by atoms with E-state index in [2.05, 4.69) is 26.2 Å². The molecule has 0 aliphatic rings. The number of nitrogens with zero attached hydrogens (tertiary/aromatic N) is 1. The molecule has 2 rings (SSSR count). The number of benzene rings is 1. The minimum absolute atomic E-state index is 0.0961. The first-order valence-electron chi connectivity index (χ1n) is 5.14. The van der Waals surface area contributed by atoms with Gasteiger partial charge in [0, 0.05) is 17.8 Å². The maximum atomic E-state index is 13.6. The van der Waals surface area contributed by atoms with Crippen molar-refractivity contribution in [1.82, 2.24) is 4.98 Å². The van der Waals surface area contributed by atoms with Gasteiger partial charge in [-0.05, 0) is 28.1 Å². The van der Waals surface area contributed by atoms with Crippen molar-refractivity contribution in [1.29, 1.82) is 0 Å². The maximum absolute atomic E-state index is 13.6. The molecule has 1 heterocycles. The first kappa shape index (κ1) is 13.8. The molecule has 98 valence electrons. The molecule has 0 radical (unpaired) electrons. The van der Waals surface area contributed by atoms with Crippen LogP contribution in [0.4, 0.5) is 20.2 Å². The molecule has 3 nitrogen and oxygen atoms in total. The van der Waals surface area contributed by atoms with Gasteiger partial charge in [-0.3, -0.25) is 4.98 Å². The average molecular weight is 344 g/mol. The highest BCUT2D eigenvalue weighted by atomic mass is 79.9. The van der Waals surface area contributed by atoms with Crippen molar-refractivity contribution in [2.45, 2.75) is 0 Å². The van der Waals surface area contributed by atoms with Crippen LogP contribution in [-0.4, -0.2) is 9.97 Å². The van der Waals surface area contributed by atoms with Gasteiger partial charge in [0.25, 0.3) is 0 Å². The van der Waals surface area contributed by atoms with E-state index >= 15 is 0 Å². The van der Waals surface area contributed by atoms with E-state index < -0.39 is 11.6 Å². The Morgan fingerprint density at radius 2 is 2.00 bits per heavy atom. The van der Waals surface area contributed by atoms with E-state index in [4.69, 9.17) is 18.0 Å². The van der Waals surface area contributed by atoms with E-state index in [0.717, 1.165) is 6.07 Å². The summed E-state index contributed by atoms with van der Waals surface area (Å²) in [6, 6.07) is 3.69. The summed E-state index contributed by atoms with van der Waals surface area (Å²) in [5.74, 6) is -1.40. The number of nitrogens with one attached hydrogen (secondary N) is 1. The third-order valence-electron chi connectivity index (χ3n) is 2.37. The third kappa shape index (κ3) is 3.05. The van der Waals surface area contributed by atoms with Crippen LogP contribution >= 0.6 is 28.1 Å². The minimum atomic E-state index is -0.724. The van der Waals surface area contributed by atoms with Crippen molar-refractivity contribution in [3.05, 3.63) is 52.3 Å². The molecule has 19 heavy (non-hydrogen) atoms. The topological polar surface area (TPSA) is 50.9 Å². The predicted molar refractivity (Wildman–Crippen MR) is 77.5 cm³/mol. The Morgan fingerprint density at radius 3 is 2.68 bits per heavy atom. The van der Waals surface area contributed by atoms with Crippen molar-refractivity contribution in [3.8, 4) is 0 Å². The smallest absolute Gasteiger partial charge is 0.149 e. The van der Waals surface area contributed by atoms with E-state index in [0.29, 0.717) is 11.3 Å². The summed E-state index contributed by atoms with van der Waals surface area (Å²) in [6.07, 6.45) is 2.99. The third-order valence-corrected chi connectivity index (χ3v) is 3.19. The quantitative estimate of drug-likeness (QED) is 0.661. The average Bonchev–Trinajstić information content (AvgIpc) is 2.36. The van der Waals surface area contributed by atoms with E-state index in [9.17, 15) is 8.78 Å². The highest BCUT2D eigenvalue weighted by Gasteiger charge is 2.11. The highest BCUT2D eigenvalue weighted by molar-refractivity contribution is 9.10. The van der Waals surface area contributed by atoms with Gasteiger partial charge in [-0.2, -0.15) is 0 Å². The molecular weight excluding hydrogens is 336 g/mol. The Balaban J connectivity index is 2.42.